The summed E-state index contributed by atoms with van der Waals surface area (Å²) in [6, 6.07) is 7.01. The Morgan fingerprint density at radius 3 is 2.41 bits per heavy atom. The zero-order chi connectivity index (χ0) is 19.3. The normalized spacial score (nSPS) is 18.2. The van der Waals surface area contributed by atoms with Crippen LogP contribution in [0.3, 0.4) is 0 Å². The van der Waals surface area contributed by atoms with Gasteiger partial charge in [-0.05, 0) is 38.3 Å². The molecule has 27 heavy (non-hydrogen) atoms. The number of hydrogen-bond acceptors (Lipinski definition) is 5. The van der Waals surface area contributed by atoms with Gasteiger partial charge >= 0.3 is 6.03 Å². The summed E-state index contributed by atoms with van der Waals surface area (Å²) in [6.45, 7) is 3.82. The molecule has 0 radical (unpaired) electrons. The van der Waals surface area contributed by atoms with Crippen molar-refractivity contribution < 1.29 is 23.9 Å². The first kappa shape index (κ1) is 19.0. The van der Waals surface area contributed by atoms with Crippen molar-refractivity contribution in [3.8, 4) is 11.5 Å². The van der Waals surface area contributed by atoms with Crippen LogP contribution in [0.5, 0.6) is 11.5 Å². The van der Waals surface area contributed by atoms with Gasteiger partial charge in [-0.15, -0.1) is 0 Å². The second-order valence-electron chi connectivity index (χ2n) is 6.70. The minimum Gasteiger partial charge on any atom is -0.490 e. The highest BCUT2D eigenvalue weighted by Crippen LogP contribution is 2.27. The number of urea groups is 1. The Kier molecular flexibility index (Phi) is 5.83. The van der Waals surface area contributed by atoms with Crippen molar-refractivity contribution in [2.24, 2.45) is 0 Å². The summed E-state index contributed by atoms with van der Waals surface area (Å²) in [5.74, 6) is 1.12. The molecule has 146 valence electrons. The molecule has 0 bridgehead atoms. The van der Waals surface area contributed by atoms with Crippen LogP contribution in [0.25, 0.3) is 0 Å². The standard InChI is InChI=1S/C19H25N3O5/c1-2-26-14-6-3-4-7-15(14)27-13-5-8-16(23)22-11-9-19(10-12-22)17(24)20-18(25)21-19/h3-4,6-7H,2,5,8-13H2,1H3,(H2,20,21,24,25). The molecule has 2 heterocycles. The Balaban J connectivity index is 1.41. The number of amides is 4. The molecule has 0 aliphatic carbocycles. The van der Waals surface area contributed by atoms with E-state index in [9.17, 15) is 14.4 Å². The molecular formula is C19H25N3O5. The van der Waals surface area contributed by atoms with Gasteiger partial charge in [-0.3, -0.25) is 14.9 Å². The number of ether oxygens (including phenoxy) is 2. The highest BCUT2D eigenvalue weighted by Gasteiger charge is 2.48. The largest absolute Gasteiger partial charge is 0.490 e. The van der Waals surface area contributed by atoms with E-state index in [0.717, 1.165) is 0 Å². The smallest absolute Gasteiger partial charge is 0.322 e. The van der Waals surface area contributed by atoms with E-state index in [1.807, 2.05) is 31.2 Å². The maximum Gasteiger partial charge on any atom is 0.322 e. The van der Waals surface area contributed by atoms with Crippen molar-refractivity contribution in [1.82, 2.24) is 15.5 Å². The summed E-state index contributed by atoms with van der Waals surface area (Å²) in [5.41, 5.74) is -0.847. The molecule has 8 heteroatoms. The fourth-order valence-electron chi connectivity index (χ4n) is 3.43. The van der Waals surface area contributed by atoms with Crippen LogP contribution in [0.2, 0.25) is 0 Å². The Morgan fingerprint density at radius 2 is 1.81 bits per heavy atom. The third kappa shape index (κ3) is 4.32. The number of nitrogens with one attached hydrogen (secondary N) is 2. The molecule has 1 spiro atoms. The monoisotopic (exact) mass is 375 g/mol. The van der Waals surface area contributed by atoms with E-state index in [2.05, 4.69) is 10.6 Å². The molecule has 0 atom stereocenters. The van der Waals surface area contributed by atoms with Gasteiger partial charge in [0, 0.05) is 19.5 Å². The van der Waals surface area contributed by atoms with Crippen molar-refractivity contribution in [2.75, 3.05) is 26.3 Å². The molecule has 2 saturated heterocycles. The van der Waals surface area contributed by atoms with Crippen LogP contribution in [0, 0.1) is 0 Å². The Morgan fingerprint density at radius 1 is 1.15 bits per heavy atom. The van der Waals surface area contributed by atoms with Gasteiger partial charge in [0.2, 0.25) is 5.91 Å². The number of piperidine rings is 1. The summed E-state index contributed by atoms with van der Waals surface area (Å²) in [5, 5.41) is 4.97. The SMILES string of the molecule is CCOc1ccccc1OCCCC(=O)N1CCC2(CC1)NC(=O)NC2=O. The maximum absolute atomic E-state index is 12.4. The van der Waals surface area contributed by atoms with Crippen molar-refractivity contribution >= 4 is 17.8 Å². The molecule has 0 unspecified atom stereocenters. The van der Waals surface area contributed by atoms with Gasteiger partial charge in [-0.1, -0.05) is 12.1 Å². The molecule has 1 aromatic carbocycles. The molecule has 8 nitrogen and oxygen atoms in total. The number of likely N-dealkylation sites (tertiary alicyclic amines) is 1. The van der Waals surface area contributed by atoms with E-state index in [0.29, 0.717) is 63.5 Å². The summed E-state index contributed by atoms with van der Waals surface area (Å²) in [7, 11) is 0. The van der Waals surface area contributed by atoms with Crippen LogP contribution in [-0.4, -0.2) is 54.6 Å². The second-order valence-corrected chi connectivity index (χ2v) is 6.70. The van der Waals surface area contributed by atoms with E-state index < -0.39 is 11.6 Å². The molecule has 2 aliphatic rings. The van der Waals surface area contributed by atoms with Gasteiger partial charge in [0.1, 0.15) is 5.54 Å². The zero-order valence-electron chi connectivity index (χ0n) is 15.5. The number of hydrogen-bond donors (Lipinski definition) is 2. The van der Waals surface area contributed by atoms with E-state index in [1.165, 1.54) is 0 Å². The second kappa shape index (κ2) is 8.28. The number of rotatable bonds is 7. The number of nitrogens with zero attached hydrogens (tertiary/aromatic N) is 1. The van der Waals surface area contributed by atoms with E-state index in [-0.39, 0.29) is 11.8 Å². The predicted octanol–water partition coefficient (Wildman–Crippen LogP) is 1.44. The van der Waals surface area contributed by atoms with Crippen LogP contribution in [0.4, 0.5) is 4.79 Å². The molecule has 1 aromatic rings. The van der Waals surface area contributed by atoms with Crippen molar-refractivity contribution in [1.29, 1.82) is 0 Å². The lowest BCUT2D eigenvalue weighted by molar-refractivity contribution is -0.136. The number of benzene rings is 1. The molecule has 0 aromatic heterocycles. The van der Waals surface area contributed by atoms with Crippen molar-refractivity contribution in [2.45, 2.75) is 38.1 Å². The molecule has 2 fully saturated rings. The summed E-state index contributed by atoms with van der Waals surface area (Å²) in [4.78, 5) is 37.4. The Labute approximate surface area is 158 Å². The lowest BCUT2D eigenvalue weighted by atomic mass is 9.87. The third-order valence-electron chi connectivity index (χ3n) is 4.93. The fraction of sp³-hybridized carbons (Fsp3) is 0.526. The molecule has 2 N–H and O–H groups in total. The Bertz CT molecular complexity index is 713. The fourth-order valence-corrected chi connectivity index (χ4v) is 3.43. The van der Waals surface area contributed by atoms with Crippen LogP contribution < -0.4 is 20.1 Å². The minimum atomic E-state index is -0.847. The highest BCUT2D eigenvalue weighted by molar-refractivity contribution is 6.07. The number of imide groups is 1. The number of carbonyl (C=O) groups excluding carboxylic acids is 3. The average molecular weight is 375 g/mol. The molecule has 2 aliphatic heterocycles. The van der Waals surface area contributed by atoms with Gasteiger partial charge < -0.3 is 19.7 Å². The zero-order valence-corrected chi connectivity index (χ0v) is 15.5. The van der Waals surface area contributed by atoms with Crippen LogP contribution in [0.1, 0.15) is 32.6 Å². The predicted molar refractivity (Wildman–Crippen MR) is 97.6 cm³/mol. The van der Waals surface area contributed by atoms with Crippen molar-refractivity contribution in [3.05, 3.63) is 24.3 Å². The van der Waals surface area contributed by atoms with E-state index in [1.54, 1.807) is 4.90 Å². The summed E-state index contributed by atoms with van der Waals surface area (Å²) < 4.78 is 11.2. The van der Waals surface area contributed by atoms with Gasteiger partial charge in [0.05, 0.1) is 13.2 Å². The van der Waals surface area contributed by atoms with E-state index >= 15 is 0 Å². The van der Waals surface area contributed by atoms with Gasteiger partial charge in [0.15, 0.2) is 11.5 Å². The van der Waals surface area contributed by atoms with Crippen LogP contribution >= 0.6 is 0 Å². The topological polar surface area (TPSA) is 97.0 Å². The lowest BCUT2D eigenvalue weighted by Gasteiger charge is -2.37. The van der Waals surface area contributed by atoms with Crippen LogP contribution in [0.15, 0.2) is 24.3 Å². The maximum atomic E-state index is 12.4. The first-order valence-corrected chi connectivity index (χ1v) is 9.30. The quantitative estimate of drug-likeness (QED) is 0.555. The number of para-hydroxylation sites is 2. The first-order valence-electron chi connectivity index (χ1n) is 9.30. The minimum absolute atomic E-state index is 0.0382. The summed E-state index contributed by atoms with van der Waals surface area (Å²) in [6.07, 6.45) is 1.85. The summed E-state index contributed by atoms with van der Waals surface area (Å²) >= 11 is 0. The van der Waals surface area contributed by atoms with Gasteiger partial charge in [0.25, 0.3) is 5.91 Å². The third-order valence-corrected chi connectivity index (χ3v) is 4.93. The Hall–Kier alpha value is -2.77. The van der Waals surface area contributed by atoms with E-state index in [4.69, 9.17) is 9.47 Å². The van der Waals surface area contributed by atoms with Gasteiger partial charge in [-0.25, -0.2) is 4.79 Å². The van der Waals surface area contributed by atoms with Gasteiger partial charge in [-0.2, -0.15) is 0 Å². The lowest BCUT2D eigenvalue weighted by Crippen LogP contribution is -2.55. The molecule has 0 saturated carbocycles. The first-order chi connectivity index (χ1) is 13.0. The average Bonchev–Trinajstić information content (AvgIpc) is 2.93. The highest BCUT2D eigenvalue weighted by atomic mass is 16.5. The molecular weight excluding hydrogens is 350 g/mol. The van der Waals surface area contributed by atoms with Crippen LogP contribution in [-0.2, 0) is 9.59 Å². The number of carbonyl (C=O) groups is 3. The molecule has 4 amide bonds. The molecule has 3 rings (SSSR count). The van der Waals surface area contributed by atoms with Crippen molar-refractivity contribution in [3.63, 3.8) is 0 Å².